The van der Waals surface area contributed by atoms with Gasteiger partial charge in [0.1, 0.15) is 23.9 Å². The summed E-state index contributed by atoms with van der Waals surface area (Å²) in [6.45, 7) is -0.375. The Balaban J connectivity index is 2.09. The SMILES string of the molecule is CS(=O)(=O)N1CC2(C1)O[C@H](CO)[C@@H](O)[C@H]2O. The third-order valence-corrected chi connectivity index (χ3v) is 4.36. The van der Waals surface area contributed by atoms with E-state index in [0.717, 1.165) is 10.6 Å². The van der Waals surface area contributed by atoms with Crippen LogP contribution in [0.4, 0.5) is 0 Å². The molecule has 2 saturated heterocycles. The van der Waals surface area contributed by atoms with Gasteiger partial charge in [-0.2, -0.15) is 4.31 Å². The predicted octanol–water partition coefficient (Wildman–Crippen LogP) is -2.89. The van der Waals surface area contributed by atoms with Gasteiger partial charge in [-0.25, -0.2) is 8.42 Å². The molecule has 0 radical (unpaired) electrons. The van der Waals surface area contributed by atoms with E-state index in [4.69, 9.17) is 9.84 Å². The molecule has 1 spiro atoms. The molecular weight excluding hydrogens is 238 g/mol. The maximum absolute atomic E-state index is 11.2. The van der Waals surface area contributed by atoms with E-state index in [2.05, 4.69) is 0 Å². The van der Waals surface area contributed by atoms with Crippen molar-refractivity contribution in [2.75, 3.05) is 26.0 Å². The summed E-state index contributed by atoms with van der Waals surface area (Å²) in [4.78, 5) is 0. The lowest BCUT2D eigenvalue weighted by Gasteiger charge is -2.47. The molecule has 0 aromatic carbocycles. The third kappa shape index (κ3) is 1.66. The molecule has 0 saturated carbocycles. The third-order valence-electron chi connectivity index (χ3n) is 3.17. The lowest BCUT2D eigenvalue weighted by Crippen LogP contribution is -2.68. The molecule has 0 unspecified atom stereocenters. The first kappa shape index (κ1) is 12.2. The fourth-order valence-electron chi connectivity index (χ4n) is 2.15. The van der Waals surface area contributed by atoms with Crippen LogP contribution in [0, 0.1) is 0 Å². The van der Waals surface area contributed by atoms with E-state index < -0.39 is 40.5 Å². The van der Waals surface area contributed by atoms with Gasteiger partial charge in [-0.3, -0.25) is 0 Å². The van der Waals surface area contributed by atoms with Crippen molar-refractivity contribution >= 4 is 10.0 Å². The Morgan fingerprint density at radius 1 is 1.44 bits per heavy atom. The molecule has 0 bridgehead atoms. The molecule has 0 aromatic rings. The number of ether oxygens (including phenoxy) is 1. The molecule has 0 aromatic heterocycles. The zero-order chi connectivity index (χ0) is 12.1. The second kappa shape index (κ2) is 3.62. The van der Waals surface area contributed by atoms with Crippen LogP contribution in [0.5, 0.6) is 0 Å². The smallest absolute Gasteiger partial charge is 0.211 e. The van der Waals surface area contributed by atoms with Gasteiger partial charge in [0.15, 0.2) is 0 Å². The fourth-order valence-corrected chi connectivity index (χ4v) is 3.05. The Bertz CT molecular complexity index is 376. The standard InChI is InChI=1S/C8H15NO6S/c1-16(13,14)9-3-8(4-9)7(12)6(11)5(2-10)15-8/h5-7,10-12H,2-4H2,1H3/t5-,6-,7-/m1/s1. The van der Waals surface area contributed by atoms with E-state index in [1.165, 1.54) is 0 Å². The van der Waals surface area contributed by atoms with Crippen molar-refractivity contribution < 1.29 is 28.5 Å². The molecule has 3 N–H and O–H groups in total. The molecule has 16 heavy (non-hydrogen) atoms. The van der Waals surface area contributed by atoms with Crippen LogP contribution in [0.1, 0.15) is 0 Å². The van der Waals surface area contributed by atoms with Gasteiger partial charge in [0, 0.05) is 13.1 Å². The monoisotopic (exact) mass is 253 g/mol. The summed E-state index contributed by atoms with van der Waals surface area (Å²) in [5.41, 5.74) is -1.06. The summed E-state index contributed by atoms with van der Waals surface area (Å²) in [6, 6.07) is 0. The normalized spacial score (nSPS) is 38.9. The molecule has 8 heteroatoms. The van der Waals surface area contributed by atoms with E-state index in [9.17, 15) is 18.6 Å². The summed E-state index contributed by atoms with van der Waals surface area (Å²) in [5, 5.41) is 28.2. The van der Waals surface area contributed by atoms with Crippen LogP contribution in [-0.2, 0) is 14.8 Å². The van der Waals surface area contributed by atoms with Crippen LogP contribution in [0.25, 0.3) is 0 Å². The van der Waals surface area contributed by atoms with E-state index >= 15 is 0 Å². The minimum Gasteiger partial charge on any atom is -0.394 e. The Hall–Kier alpha value is -0.250. The highest BCUT2D eigenvalue weighted by Gasteiger charge is 2.61. The first-order valence-corrected chi connectivity index (χ1v) is 6.75. The maximum Gasteiger partial charge on any atom is 0.211 e. The minimum atomic E-state index is -3.30. The number of sulfonamides is 1. The van der Waals surface area contributed by atoms with Crippen molar-refractivity contribution in [3.8, 4) is 0 Å². The van der Waals surface area contributed by atoms with Crippen molar-refractivity contribution in [2.24, 2.45) is 0 Å². The molecule has 2 aliphatic heterocycles. The highest BCUT2D eigenvalue weighted by atomic mass is 32.2. The van der Waals surface area contributed by atoms with Crippen LogP contribution < -0.4 is 0 Å². The van der Waals surface area contributed by atoms with Gasteiger partial charge in [0.05, 0.1) is 12.9 Å². The van der Waals surface area contributed by atoms with Gasteiger partial charge >= 0.3 is 0 Å². The minimum absolute atomic E-state index is 0.0144. The van der Waals surface area contributed by atoms with Crippen molar-refractivity contribution in [2.45, 2.75) is 23.9 Å². The number of aliphatic hydroxyl groups is 3. The van der Waals surface area contributed by atoms with E-state index in [1.807, 2.05) is 0 Å². The van der Waals surface area contributed by atoms with E-state index in [0.29, 0.717) is 0 Å². The Morgan fingerprint density at radius 3 is 2.38 bits per heavy atom. The first-order chi connectivity index (χ1) is 7.30. The molecule has 94 valence electrons. The van der Waals surface area contributed by atoms with Crippen molar-refractivity contribution in [1.82, 2.24) is 4.31 Å². The Kier molecular flexibility index (Phi) is 2.76. The molecule has 0 amide bonds. The quantitative estimate of drug-likeness (QED) is 0.488. The van der Waals surface area contributed by atoms with Crippen molar-refractivity contribution in [3.05, 3.63) is 0 Å². The van der Waals surface area contributed by atoms with Crippen LogP contribution in [0.15, 0.2) is 0 Å². The van der Waals surface area contributed by atoms with E-state index in [1.54, 1.807) is 0 Å². The number of aliphatic hydroxyl groups excluding tert-OH is 3. The first-order valence-electron chi connectivity index (χ1n) is 4.90. The molecule has 3 atom stereocenters. The zero-order valence-electron chi connectivity index (χ0n) is 8.78. The summed E-state index contributed by atoms with van der Waals surface area (Å²) in [7, 11) is -3.30. The molecule has 2 rings (SSSR count). The molecular formula is C8H15NO6S. The number of hydrogen-bond acceptors (Lipinski definition) is 6. The van der Waals surface area contributed by atoms with Gasteiger partial charge in [-0.15, -0.1) is 0 Å². The van der Waals surface area contributed by atoms with Gasteiger partial charge in [-0.05, 0) is 0 Å². The Labute approximate surface area is 93.3 Å². The van der Waals surface area contributed by atoms with Gasteiger partial charge in [-0.1, -0.05) is 0 Å². The Morgan fingerprint density at radius 2 is 2.00 bits per heavy atom. The average Bonchev–Trinajstić information content (AvgIpc) is 2.37. The number of nitrogens with zero attached hydrogens (tertiary/aromatic N) is 1. The van der Waals surface area contributed by atoms with Crippen molar-refractivity contribution in [3.63, 3.8) is 0 Å². The highest BCUT2D eigenvalue weighted by molar-refractivity contribution is 7.88. The second-order valence-electron chi connectivity index (χ2n) is 4.37. The van der Waals surface area contributed by atoms with Gasteiger partial charge in [0.25, 0.3) is 0 Å². The summed E-state index contributed by atoms with van der Waals surface area (Å²) in [6.07, 6.45) is -2.12. The lowest BCUT2D eigenvalue weighted by molar-refractivity contribution is -0.149. The summed E-state index contributed by atoms with van der Waals surface area (Å²) >= 11 is 0. The predicted molar refractivity (Wildman–Crippen MR) is 53.1 cm³/mol. The van der Waals surface area contributed by atoms with Crippen molar-refractivity contribution in [1.29, 1.82) is 0 Å². The molecule has 2 fully saturated rings. The average molecular weight is 253 g/mol. The van der Waals surface area contributed by atoms with Gasteiger partial charge in [0.2, 0.25) is 10.0 Å². The van der Waals surface area contributed by atoms with Crippen LogP contribution in [0.3, 0.4) is 0 Å². The van der Waals surface area contributed by atoms with Crippen LogP contribution in [-0.4, -0.2) is 77.9 Å². The largest absolute Gasteiger partial charge is 0.394 e. The second-order valence-corrected chi connectivity index (χ2v) is 6.35. The fraction of sp³-hybridized carbons (Fsp3) is 1.00. The number of hydrogen-bond donors (Lipinski definition) is 3. The summed E-state index contributed by atoms with van der Waals surface area (Å²) < 4.78 is 28.8. The van der Waals surface area contributed by atoms with Crippen LogP contribution >= 0.6 is 0 Å². The zero-order valence-corrected chi connectivity index (χ0v) is 9.59. The molecule has 7 nitrogen and oxygen atoms in total. The van der Waals surface area contributed by atoms with Crippen LogP contribution in [0.2, 0.25) is 0 Å². The molecule has 2 heterocycles. The van der Waals surface area contributed by atoms with Gasteiger partial charge < -0.3 is 20.1 Å². The number of rotatable bonds is 2. The maximum atomic E-state index is 11.2. The molecule has 0 aliphatic carbocycles. The topological polar surface area (TPSA) is 107 Å². The summed E-state index contributed by atoms with van der Waals surface area (Å²) in [5.74, 6) is 0. The highest BCUT2D eigenvalue weighted by Crippen LogP contribution is 2.39. The molecule has 2 aliphatic rings. The van der Waals surface area contributed by atoms with E-state index in [-0.39, 0.29) is 13.1 Å². The lowest BCUT2D eigenvalue weighted by atomic mass is 9.89.